The van der Waals surface area contributed by atoms with Crippen molar-refractivity contribution in [3.05, 3.63) is 193 Å². The Balaban J connectivity index is 1.08. The molecule has 0 aliphatic heterocycles. The first-order chi connectivity index (χ1) is 26.5. The molecule has 2 aromatic heterocycles. The number of nitrogens with zero attached hydrogens (tertiary/aromatic N) is 2. The number of hydrogen-bond acceptors (Lipinski definition) is 2. The lowest BCUT2D eigenvalue weighted by atomic mass is 9.82. The molecule has 3 heteroatoms. The van der Waals surface area contributed by atoms with Gasteiger partial charge >= 0.3 is 0 Å². The van der Waals surface area contributed by atoms with E-state index in [0.29, 0.717) is 0 Å². The predicted molar refractivity (Wildman–Crippen MR) is 226 cm³/mol. The lowest BCUT2D eigenvalue weighted by molar-refractivity contribution is 0.660. The van der Waals surface area contributed by atoms with E-state index in [4.69, 9.17) is 4.42 Å². The first-order valence-electron chi connectivity index (χ1n) is 18.7. The fourth-order valence-electron chi connectivity index (χ4n) is 9.00. The van der Waals surface area contributed by atoms with Crippen LogP contribution < -0.4 is 4.90 Å². The van der Waals surface area contributed by atoms with Crippen LogP contribution in [-0.2, 0) is 5.41 Å². The van der Waals surface area contributed by atoms with Crippen molar-refractivity contribution < 1.29 is 4.42 Å². The van der Waals surface area contributed by atoms with Gasteiger partial charge in [0.1, 0.15) is 11.2 Å². The van der Waals surface area contributed by atoms with Gasteiger partial charge in [0.2, 0.25) is 0 Å². The normalized spacial score (nSPS) is 13.1. The molecule has 1 aliphatic carbocycles. The predicted octanol–water partition coefficient (Wildman–Crippen LogP) is 14.1. The van der Waals surface area contributed by atoms with Gasteiger partial charge in [-0.05, 0) is 94.5 Å². The van der Waals surface area contributed by atoms with Crippen LogP contribution in [0.1, 0.15) is 25.0 Å². The summed E-state index contributed by atoms with van der Waals surface area (Å²) in [4.78, 5) is 2.37. The van der Waals surface area contributed by atoms with E-state index in [9.17, 15) is 0 Å². The molecule has 0 radical (unpaired) electrons. The van der Waals surface area contributed by atoms with Gasteiger partial charge in [0.05, 0.1) is 11.0 Å². The van der Waals surface area contributed by atoms with Gasteiger partial charge in [0.25, 0.3) is 0 Å². The monoisotopic (exact) mass is 692 g/mol. The Labute approximate surface area is 314 Å². The lowest BCUT2D eigenvalue weighted by Gasteiger charge is -2.28. The first-order valence-corrected chi connectivity index (χ1v) is 18.7. The standard InChI is InChI=1S/C51H36N2O/c1-51(2)45-20-10-6-16-38(45)39-29-28-36(32-46(39)51)52(34-14-4-3-5-15-34)35-26-24-33(25-27-35)43-30-37(31-44-42-19-9-13-23-49(42)54-50(43)44)53-47-21-11-7-17-40(47)41-18-8-12-22-48(41)53/h3-32H,1-2H3. The zero-order chi connectivity index (χ0) is 36.0. The highest BCUT2D eigenvalue weighted by molar-refractivity contribution is 6.13. The van der Waals surface area contributed by atoms with Gasteiger partial charge in [-0.15, -0.1) is 0 Å². The van der Waals surface area contributed by atoms with Crippen LogP contribution >= 0.6 is 0 Å². The number of benzene rings is 8. The van der Waals surface area contributed by atoms with Crippen LogP contribution in [-0.4, -0.2) is 4.57 Å². The summed E-state index contributed by atoms with van der Waals surface area (Å²) in [5.41, 5.74) is 16.1. The van der Waals surface area contributed by atoms with E-state index >= 15 is 0 Å². The molecular formula is C51H36N2O. The number of aromatic nitrogens is 1. The highest BCUT2D eigenvalue weighted by Crippen LogP contribution is 2.51. The molecule has 1 aliphatic rings. The largest absolute Gasteiger partial charge is 0.455 e. The van der Waals surface area contributed by atoms with E-state index in [1.807, 2.05) is 6.07 Å². The second-order valence-electron chi connectivity index (χ2n) is 15.0. The molecule has 0 atom stereocenters. The molecule has 256 valence electrons. The molecule has 54 heavy (non-hydrogen) atoms. The topological polar surface area (TPSA) is 21.3 Å². The maximum Gasteiger partial charge on any atom is 0.143 e. The maximum absolute atomic E-state index is 6.67. The van der Waals surface area contributed by atoms with Crippen molar-refractivity contribution in [2.24, 2.45) is 0 Å². The van der Waals surface area contributed by atoms with Crippen molar-refractivity contribution >= 4 is 60.8 Å². The smallest absolute Gasteiger partial charge is 0.143 e. The zero-order valence-electron chi connectivity index (χ0n) is 30.1. The fourth-order valence-corrected chi connectivity index (χ4v) is 9.00. The Hall–Kier alpha value is -6.84. The molecule has 0 saturated heterocycles. The third-order valence-corrected chi connectivity index (χ3v) is 11.6. The molecule has 3 nitrogen and oxygen atoms in total. The Morgan fingerprint density at radius 3 is 1.80 bits per heavy atom. The van der Waals surface area contributed by atoms with Gasteiger partial charge in [-0.1, -0.05) is 129 Å². The number of para-hydroxylation sites is 4. The molecule has 0 fully saturated rings. The SMILES string of the molecule is CC1(C)c2ccccc2-c2ccc(N(c3ccccc3)c3ccc(-c4cc(-n5c6ccccc6c6ccccc65)cc5c4oc4ccccc45)cc3)cc21. The molecule has 0 amide bonds. The first kappa shape index (κ1) is 30.8. The van der Waals surface area contributed by atoms with Crippen molar-refractivity contribution in [2.45, 2.75) is 19.3 Å². The number of fused-ring (bicyclic) bond motifs is 9. The lowest BCUT2D eigenvalue weighted by Crippen LogP contribution is -2.16. The van der Waals surface area contributed by atoms with Gasteiger partial charge < -0.3 is 13.9 Å². The summed E-state index contributed by atoms with van der Waals surface area (Å²) < 4.78 is 9.07. The molecule has 0 unspecified atom stereocenters. The van der Waals surface area contributed by atoms with Crippen LogP contribution in [0.2, 0.25) is 0 Å². The van der Waals surface area contributed by atoms with Crippen molar-refractivity contribution in [3.8, 4) is 27.9 Å². The molecule has 10 aromatic rings. The molecule has 0 saturated carbocycles. The second-order valence-corrected chi connectivity index (χ2v) is 15.0. The van der Waals surface area contributed by atoms with E-state index in [2.05, 4.69) is 199 Å². The van der Waals surface area contributed by atoms with Gasteiger partial charge in [-0.25, -0.2) is 0 Å². The minimum atomic E-state index is -0.0898. The molecular weight excluding hydrogens is 657 g/mol. The average molecular weight is 693 g/mol. The minimum absolute atomic E-state index is 0.0898. The van der Waals surface area contributed by atoms with Gasteiger partial charge in [-0.2, -0.15) is 0 Å². The van der Waals surface area contributed by atoms with E-state index < -0.39 is 0 Å². The average Bonchev–Trinajstić information content (AvgIpc) is 3.84. The fraction of sp³-hybridized carbons (Fsp3) is 0.0588. The quantitative estimate of drug-likeness (QED) is 0.179. The van der Waals surface area contributed by atoms with Crippen molar-refractivity contribution in [2.75, 3.05) is 4.90 Å². The third kappa shape index (κ3) is 4.48. The number of hydrogen-bond donors (Lipinski definition) is 0. The van der Waals surface area contributed by atoms with Crippen molar-refractivity contribution in [1.82, 2.24) is 4.57 Å². The van der Waals surface area contributed by atoms with E-state index in [1.54, 1.807) is 0 Å². The summed E-state index contributed by atoms with van der Waals surface area (Å²) in [6.07, 6.45) is 0. The van der Waals surface area contributed by atoms with Crippen LogP contribution in [0.25, 0.3) is 71.7 Å². The highest BCUT2D eigenvalue weighted by atomic mass is 16.3. The molecule has 2 heterocycles. The maximum atomic E-state index is 6.67. The number of anilines is 3. The van der Waals surface area contributed by atoms with Gasteiger partial charge in [0, 0.05) is 55.3 Å². The summed E-state index contributed by atoms with van der Waals surface area (Å²) in [6, 6.07) is 65.8. The minimum Gasteiger partial charge on any atom is -0.455 e. The zero-order valence-corrected chi connectivity index (χ0v) is 30.1. The molecule has 8 aromatic carbocycles. The van der Waals surface area contributed by atoms with Crippen LogP contribution in [0.3, 0.4) is 0 Å². The Morgan fingerprint density at radius 2 is 1.04 bits per heavy atom. The highest BCUT2D eigenvalue weighted by Gasteiger charge is 2.35. The van der Waals surface area contributed by atoms with Crippen LogP contribution in [0, 0.1) is 0 Å². The molecule has 0 bridgehead atoms. The van der Waals surface area contributed by atoms with Crippen LogP contribution in [0.5, 0.6) is 0 Å². The Morgan fingerprint density at radius 1 is 0.444 bits per heavy atom. The van der Waals surface area contributed by atoms with Crippen molar-refractivity contribution in [3.63, 3.8) is 0 Å². The van der Waals surface area contributed by atoms with E-state index in [1.165, 1.54) is 44.1 Å². The summed E-state index contributed by atoms with van der Waals surface area (Å²) >= 11 is 0. The summed E-state index contributed by atoms with van der Waals surface area (Å²) in [5.74, 6) is 0. The second kappa shape index (κ2) is 11.6. The molecule has 11 rings (SSSR count). The molecule has 0 N–H and O–H groups in total. The Kier molecular flexibility index (Phi) is 6.60. The number of rotatable bonds is 5. The van der Waals surface area contributed by atoms with Gasteiger partial charge in [0.15, 0.2) is 0 Å². The van der Waals surface area contributed by atoms with E-state index in [0.717, 1.165) is 55.8 Å². The van der Waals surface area contributed by atoms with Gasteiger partial charge in [-0.3, -0.25) is 0 Å². The summed E-state index contributed by atoms with van der Waals surface area (Å²) in [5, 5.41) is 4.72. The van der Waals surface area contributed by atoms with Crippen molar-refractivity contribution in [1.29, 1.82) is 0 Å². The third-order valence-electron chi connectivity index (χ3n) is 11.6. The molecule has 0 spiro atoms. The van der Waals surface area contributed by atoms with E-state index in [-0.39, 0.29) is 5.41 Å². The Bertz CT molecular complexity index is 3020. The summed E-state index contributed by atoms with van der Waals surface area (Å²) in [7, 11) is 0. The van der Waals surface area contributed by atoms with Crippen LogP contribution in [0.15, 0.2) is 186 Å². The van der Waals surface area contributed by atoms with Crippen LogP contribution in [0.4, 0.5) is 17.1 Å². The number of furan rings is 1. The summed E-state index contributed by atoms with van der Waals surface area (Å²) in [6.45, 7) is 4.69.